The SMILES string of the molecule is O=CCCn1ccc2cc(Br)ccc21. The van der Waals surface area contributed by atoms with Crippen molar-refractivity contribution in [3.05, 3.63) is 34.9 Å². The zero-order valence-electron chi connectivity index (χ0n) is 7.61. The van der Waals surface area contributed by atoms with Crippen LogP contribution < -0.4 is 0 Å². The van der Waals surface area contributed by atoms with Crippen molar-refractivity contribution in [3.63, 3.8) is 0 Å². The Labute approximate surface area is 90.7 Å². The molecule has 0 aliphatic heterocycles. The second kappa shape index (κ2) is 3.96. The molecule has 1 aromatic carbocycles. The van der Waals surface area contributed by atoms with Crippen LogP contribution in [0, 0.1) is 0 Å². The van der Waals surface area contributed by atoms with E-state index in [0.717, 1.165) is 17.3 Å². The molecule has 0 aliphatic carbocycles. The van der Waals surface area contributed by atoms with Crippen LogP contribution in [0.5, 0.6) is 0 Å². The van der Waals surface area contributed by atoms with Gasteiger partial charge >= 0.3 is 0 Å². The number of aldehydes is 1. The van der Waals surface area contributed by atoms with Crippen LogP contribution in [0.1, 0.15) is 6.42 Å². The lowest BCUT2D eigenvalue weighted by Gasteiger charge is -2.01. The molecule has 1 aromatic heterocycles. The highest BCUT2D eigenvalue weighted by atomic mass is 79.9. The summed E-state index contributed by atoms with van der Waals surface area (Å²) in [4.78, 5) is 10.3. The van der Waals surface area contributed by atoms with E-state index >= 15 is 0 Å². The van der Waals surface area contributed by atoms with Gasteiger partial charge in [0, 0.05) is 34.5 Å². The summed E-state index contributed by atoms with van der Waals surface area (Å²) in [6, 6.07) is 8.21. The molecule has 0 saturated carbocycles. The summed E-state index contributed by atoms with van der Waals surface area (Å²) in [6.45, 7) is 0.759. The predicted octanol–water partition coefficient (Wildman–Crippen LogP) is 2.99. The van der Waals surface area contributed by atoms with Gasteiger partial charge in [0.2, 0.25) is 0 Å². The summed E-state index contributed by atoms with van der Waals surface area (Å²) in [7, 11) is 0. The van der Waals surface area contributed by atoms with Crippen LogP contribution in [0.3, 0.4) is 0 Å². The van der Waals surface area contributed by atoms with Gasteiger partial charge < -0.3 is 9.36 Å². The number of aryl methyl sites for hydroxylation is 1. The molecule has 0 atom stereocenters. The van der Waals surface area contributed by atoms with E-state index in [4.69, 9.17) is 0 Å². The van der Waals surface area contributed by atoms with Crippen molar-refractivity contribution in [3.8, 4) is 0 Å². The molecule has 1 heterocycles. The molecule has 0 bridgehead atoms. The monoisotopic (exact) mass is 251 g/mol. The Morgan fingerprint density at radius 3 is 3.00 bits per heavy atom. The van der Waals surface area contributed by atoms with Crippen LogP contribution in [0.2, 0.25) is 0 Å². The average molecular weight is 252 g/mol. The zero-order valence-corrected chi connectivity index (χ0v) is 9.20. The van der Waals surface area contributed by atoms with Crippen LogP contribution >= 0.6 is 15.9 Å². The fourth-order valence-electron chi connectivity index (χ4n) is 1.56. The molecule has 72 valence electrons. The van der Waals surface area contributed by atoms with E-state index in [1.54, 1.807) is 0 Å². The van der Waals surface area contributed by atoms with Crippen molar-refractivity contribution in [2.24, 2.45) is 0 Å². The van der Waals surface area contributed by atoms with E-state index in [1.807, 2.05) is 12.3 Å². The number of benzene rings is 1. The quantitative estimate of drug-likeness (QED) is 0.769. The largest absolute Gasteiger partial charge is 0.347 e. The molecule has 2 rings (SSSR count). The van der Waals surface area contributed by atoms with Gasteiger partial charge in [-0.1, -0.05) is 15.9 Å². The van der Waals surface area contributed by atoms with Crippen molar-refractivity contribution >= 4 is 33.1 Å². The first-order valence-corrected chi connectivity index (χ1v) is 5.28. The van der Waals surface area contributed by atoms with Gasteiger partial charge in [-0.25, -0.2) is 0 Å². The number of rotatable bonds is 3. The smallest absolute Gasteiger partial charge is 0.121 e. The minimum Gasteiger partial charge on any atom is -0.347 e. The third-order valence-electron chi connectivity index (χ3n) is 2.22. The van der Waals surface area contributed by atoms with Crippen LogP contribution in [0.25, 0.3) is 10.9 Å². The summed E-state index contributed by atoms with van der Waals surface area (Å²) < 4.78 is 3.18. The first-order valence-electron chi connectivity index (χ1n) is 4.49. The van der Waals surface area contributed by atoms with Crippen LogP contribution in [0.4, 0.5) is 0 Å². The molecule has 2 nitrogen and oxygen atoms in total. The van der Waals surface area contributed by atoms with Crippen LogP contribution in [0.15, 0.2) is 34.9 Å². The Balaban J connectivity index is 2.42. The maximum Gasteiger partial charge on any atom is 0.121 e. The maximum absolute atomic E-state index is 10.3. The zero-order chi connectivity index (χ0) is 9.97. The highest BCUT2D eigenvalue weighted by Gasteiger charge is 2.00. The Morgan fingerprint density at radius 1 is 1.36 bits per heavy atom. The number of fused-ring (bicyclic) bond motifs is 1. The standard InChI is InChI=1S/C11H10BrNO/c12-10-2-3-11-9(8-10)4-6-13(11)5-1-7-14/h2-4,6-8H,1,5H2. The summed E-state index contributed by atoms with van der Waals surface area (Å²) in [5.74, 6) is 0. The van der Waals surface area contributed by atoms with Gasteiger partial charge in [-0.3, -0.25) is 0 Å². The average Bonchev–Trinajstić information content (AvgIpc) is 2.57. The van der Waals surface area contributed by atoms with Gasteiger partial charge in [0.15, 0.2) is 0 Å². The van der Waals surface area contributed by atoms with Gasteiger partial charge in [0.25, 0.3) is 0 Å². The molecule has 3 heteroatoms. The first-order chi connectivity index (χ1) is 6.81. The summed E-state index contributed by atoms with van der Waals surface area (Å²) in [6.07, 6.45) is 3.53. The normalized spacial score (nSPS) is 10.6. The molecule has 14 heavy (non-hydrogen) atoms. The Kier molecular flexibility index (Phi) is 2.68. The van der Waals surface area contributed by atoms with Gasteiger partial charge in [-0.05, 0) is 24.3 Å². The lowest BCUT2D eigenvalue weighted by Crippen LogP contribution is -1.95. The number of hydrogen-bond acceptors (Lipinski definition) is 1. The predicted molar refractivity (Wildman–Crippen MR) is 60.3 cm³/mol. The number of carbonyl (C=O) groups is 1. The lowest BCUT2D eigenvalue weighted by atomic mass is 10.2. The molecule has 0 fully saturated rings. The van der Waals surface area contributed by atoms with E-state index in [2.05, 4.69) is 38.7 Å². The fourth-order valence-corrected chi connectivity index (χ4v) is 1.94. The summed E-state index contributed by atoms with van der Waals surface area (Å²) in [5, 5.41) is 1.20. The Morgan fingerprint density at radius 2 is 2.21 bits per heavy atom. The molecule has 2 aromatic rings. The molecule has 0 radical (unpaired) electrons. The molecule has 0 amide bonds. The topological polar surface area (TPSA) is 22.0 Å². The van der Waals surface area contributed by atoms with Crippen LogP contribution in [-0.2, 0) is 11.3 Å². The Bertz CT molecular complexity index is 461. The second-order valence-corrected chi connectivity index (χ2v) is 4.08. The molecular formula is C11H10BrNO. The lowest BCUT2D eigenvalue weighted by molar-refractivity contribution is -0.108. The minimum atomic E-state index is 0.569. The van der Waals surface area contributed by atoms with E-state index in [9.17, 15) is 4.79 Å². The minimum absolute atomic E-state index is 0.569. The number of halogens is 1. The molecule has 0 aliphatic rings. The van der Waals surface area contributed by atoms with Gasteiger partial charge in [-0.2, -0.15) is 0 Å². The highest BCUT2D eigenvalue weighted by Crippen LogP contribution is 2.20. The number of nitrogens with zero attached hydrogens (tertiary/aromatic N) is 1. The van der Waals surface area contributed by atoms with E-state index in [1.165, 1.54) is 10.9 Å². The summed E-state index contributed by atoms with van der Waals surface area (Å²) in [5.41, 5.74) is 1.18. The highest BCUT2D eigenvalue weighted by molar-refractivity contribution is 9.10. The van der Waals surface area contributed by atoms with Crippen molar-refractivity contribution in [1.82, 2.24) is 4.57 Å². The third-order valence-corrected chi connectivity index (χ3v) is 2.71. The molecule has 0 unspecified atom stereocenters. The van der Waals surface area contributed by atoms with Gasteiger partial charge in [0.05, 0.1) is 0 Å². The van der Waals surface area contributed by atoms with Gasteiger partial charge in [0.1, 0.15) is 6.29 Å². The first kappa shape index (κ1) is 9.46. The van der Waals surface area contributed by atoms with Crippen molar-refractivity contribution < 1.29 is 4.79 Å². The molecule has 0 spiro atoms. The fraction of sp³-hybridized carbons (Fsp3) is 0.182. The van der Waals surface area contributed by atoms with Crippen molar-refractivity contribution in [2.45, 2.75) is 13.0 Å². The molecular weight excluding hydrogens is 242 g/mol. The number of aromatic nitrogens is 1. The van der Waals surface area contributed by atoms with Crippen molar-refractivity contribution in [1.29, 1.82) is 0 Å². The van der Waals surface area contributed by atoms with E-state index < -0.39 is 0 Å². The van der Waals surface area contributed by atoms with Crippen molar-refractivity contribution in [2.75, 3.05) is 0 Å². The molecule has 0 N–H and O–H groups in total. The van der Waals surface area contributed by atoms with E-state index in [0.29, 0.717) is 6.42 Å². The second-order valence-electron chi connectivity index (χ2n) is 3.17. The van der Waals surface area contributed by atoms with E-state index in [-0.39, 0.29) is 0 Å². The Hall–Kier alpha value is -1.09. The number of carbonyl (C=O) groups excluding carboxylic acids is 1. The van der Waals surface area contributed by atoms with Gasteiger partial charge in [-0.15, -0.1) is 0 Å². The molecule has 0 saturated heterocycles. The maximum atomic E-state index is 10.3. The van der Waals surface area contributed by atoms with Crippen LogP contribution in [-0.4, -0.2) is 10.9 Å². The summed E-state index contributed by atoms with van der Waals surface area (Å²) >= 11 is 3.43. The number of hydrogen-bond donors (Lipinski definition) is 0. The third kappa shape index (κ3) is 1.73.